The van der Waals surface area contributed by atoms with Crippen molar-refractivity contribution in [1.82, 2.24) is 9.97 Å². The van der Waals surface area contributed by atoms with Gasteiger partial charge in [0.05, 0.1) is 5.52 Å². The van der Waals surface area contributed by atoms with Crippen LogP contribution in [0.3, 0.4) is 0 Å². The van der Waals surface area contributed by atoms with Crippen molar-refractivity contribution in [3.8, 4) is 0 Å². The van der Waals surface area contributed by atoms with Gasteiger partial charge in [0, 0.05) is 11.1 Å². The second-order valence-corrected chi connectivity index (χ2v) is 6.74. The molecule has 0 unspecified atom stereocenters. The van der Waals surface area contributed by atoms with Crippen molar-refractivity contribution in [1.29, 1.82) is 0 Å². The van der Waals surface area contributed by atoms with Crippen molar-refractivity contribution in [2.24, 2.45) is 0 Å². The summed E-state index contributed by atoms with van der Waals surface area (Å²) in [6, 6.07) is 21.6. The minimum atomic E-state index is -0.634. The van der Waals surface area contributed by atoms with Crippen LogP contribution in [0, 0.1) is 13.8 Å². The molecule has 0 aliphatic carbocycles. The average Bonchev–Trinajstić information content (AvgIpc) is 2.70. The summed E-state index contributed by atoms with van der Waals surface area (Å²) in [5.41, 5.74) is 5.99. The molecular weight excluding hydrogens is 334 g/mol. The lowest BCUT2D eigenvalue weighted by Gasteiger charge is -2.13. The van der Waals surface area contributed by atoms with Crippen molar-refractivity contribution in [2.45, 2.75) is 20.0 Å². The monoisotopic (exact) mass is 355 g/mol. The van der Waals surface area contributed by atoms with Crippen LogP contribution in [-0.4, -0.2) is 15.1 Å². The summed E-state index contributed by atoms with van der Waals surface area (Å²) in [7, 11) is 0. The van der Waals surface area contributed by atoms with Crippen LogP contribution in [0.2, 0.25) is 0 Å². The first-order chi connectivity index (χ1) is 13.1. The predicted octanol–water partition coefficient (Wildman–Crippen LogP) is 5.07. The normalized spacial score (nSPS) is 12.1. The molecule has 4 nitrogen and oxygen atoms in total. The Bertz CT molecular complexity index is 1080. The van der Waals surface area contributed by atoms with Gasteiger partial charge in [0.15, 0.2) is 0 Å². The Morgan fingerprint density at radius 1 is 0.815 bits per heavy atom. The Morgan fingerprint density at radius 2 is 1.48 bits per heavy atom. The van der Waals surface area contributed by atoms with Crippen LogP contribution >= 0.6 is 0 Å². The van der Waals surface area contributed by atoms with Crippen molar-refractivity contribution < 1.29 is 5.11 Å². The number of fused-ring (bicyclic) bond motifs is 1. The highest BCUT2D eigenvalue weighted by Gasteiger charge is 2.10. The van der Waals surface area contributed by atoms with Gasteiger partial charge < -0.3 is 10.4 Å². The van der Waals surface area contributed by atoms with Crippen LogP contribution in [0.15, 0.2) is 73.1 Å². The van der Waals surface area contributed by atoms with Crippen molar-refractivity contribution >= 4 is 22.4 Å². The fourth-order valence-electron chi connectivity index (χ4n) is 3.13. The maximum absolute atomic E-state index is 10.5. The zero-order valence-corrected chi connectivity index (χ0v) is 15.3. The van der Waals surface area contributed by atoms with Crippen LogP contribution in [0.1, 0.15) is 28.4 Å². The number of hydrogen-bond acceptors (Lipinski definition) is 4. The smallest absolute Gasteiger partial charge is 0.141 e. The summed E-state index contributed by atoms with van der Waals surface area (Å²) in [5.74, 6) is 0.777. The number of nitrogens with one attached hydrogen (secondary N) is 1. The molecule has 1 heterocycles. The van der Waals surface area contributed by atoms with Gasteiger partial charge in [-0.05, 0) is 60.4 Å². The third-order valence-corrected chi connectivity index (χ3v) is 4.86. The van der Waals surface area contributed by atoms with E-state index in [9.17, 15) is 5.11 Å². The quantitative estimate of drug-likeness (QED) is 0.536. The highest BCUT2D eigenvalue weighted by atomic mass is 16.3. The molecule has 0 radical (unpaired) electrons. The summed E-state index contributed by atoms with van der Waals surface area (Å²) in [4.78, 5) is 8.78. The zero-order valence-electron chi connectivity index (χ0n) is 15.3. The number of anilines is 2. The molecule has 2 N–H and O–H groups in total. The molecule has 1 atom stereocenters. The van der Waals surface area contributed by atoms with E-state index in [1.165, 1.54) is 11.1 Å². The van der Waals surface area contributed by atoms with E-state index < -0.39 is 6.10 Å². The van der Waals surface area contributed by atoms with Gasteiger partial charge in [0.1, 0.15) is 18.2 Å². The van der Waals surface area contributed by atoms with E-state index in [0.717, 1.165) is 33.5 Å². The van der Waals surface area contributed by atoms with Gasteiger partial charge >= 0.3 is 0 Å². The summed E-state index contributed by atoms with van der Waals surface area (Å²) >= 11 is 0. The molecular formula is C23H21N3O. The molecule has 4 aromatic rings. The second-order valence-electron chi connectivity index (χ2n) is 6.74. The van der Waals surface area contributed by atoms with Crippen molar-refractivity contribution in [2.75, 3.05) is 5.32 Å². The Kier molecular flexibility index (Phi) is 4.57. The van der Waals surface area contributed by atoms with Gasteiger partial charge in [-0.1, -0.05) is 42.5 Å². The number of benzene rings is 3. The molecule has 4 rings (SSSR count). The lowest BCUT2D eigenvalue weighted by Crippen LogP contribution is -2.00. The summed E-state index contributed by atoms with van der Waals surface area (Å²) in [6.45, 7) is 4.17. The van der Waals surface area contributed by atoms with Crippen LogP contribution in [-0.2, 0) is 0 Å². The van der Waals surface area contributed by atoms with Crippen LogP contribution in [0.4, 0.5) is 11.5 Å². The molecule has 0 saturated carbocycles. The first-order valence-electron chi connectivity index (χ1n) is 8.94. The van der Waals surface area contributed by atoms with E-state index >= 15 is 0 Å². The Hall–Kier alpha value is -3.24. The fraction of sp³-hybridized carbons (Fsp3) is 0.130. The van der Waals surface area contributed by atoms with Gasteiger partial charge in [-0.25, -0.2) is 9.97 Å². The van der Waals surface area contributed by atoms with Gasteiger partial charge in [0.25, 0.3) is 0 Å². The lowest BCUT2D eigenvalue weighted by molar-refractivity contribution is 0.220. The highest BCUT2D eigenvalue weighted by Crippen LogP contribution is 2.27. The largest absolute Gasteiger partial charge is 0.384 e. The van der Waals surface area contributed by atoms with Gasteiger partial charge in [-0.3, -0.25) is 0 Å². The first kappa shape index (κ1) is 17.2. The number of aliphatic hydroxyl groups is 1. The van der Waals surface area contributed by atoms with Crippen LogP contribution in [0.25, 0.3) is 10.9 Å². The van der Waals surface area contributed by atoms with E-state index in [-0.39, 0.29) is 0 Å². The minimum absolute atomic E-state index is 0.634. The number of aliphatic hydroxyl groups excluding tert-OH is 1. The second kappa shape index (κ2) is 7.17. The maximum Gasteiger partial charge on any atom is 0.141 e. The van der Waals surface area contributed by atoms with Gasteiger partial charge in [-0.15, -0.1) is 0 Å². The molecule has 3 aromatic carbocycles. The summed E-state index contributed by atoms with van der Waals surface area (Å²) in [5, 5.41) is 14.9. The van der Waals surface area contributed by atoms with Gasteiger partial charge in [-0.2, -0.15) is 0 Å². The third kappa shape index (κ3) is 3.52. The summed E-state index contributed by atoms with van der Waals surface area (Å²) in [6.07, 6.45) is 0.943. The lowest BCUT2D eigenvalue weighted by atomic mass is 10.0. The fourth-order valence-corrected chi connectivity index (χ4v) is 3.13. The van der Waals surface area contributed by atoms with Crippen LogP contribution in [0.5, 0.6) is 0 Å². The SMILES string of the molecule is Cc1cc2ncnc(Nc3ccc([C@@H](O)c4ccccc4)cc3)c2cc1C. The first-order valence-corrected chi connectivity index (χ1v) is 8.94. The van der Waals surface area contributed by atoms with E-state index in [2.05, 4.69) is 41.3 Å². The molecule has 134 valence electrons. The van der Waals surface area contributed by atoms with E-state index in [0.29, 0.717) is 0 Å². The van der Waals surface area contributed by atoms with Crippen molar-refractivity contribution in [3.05, 3.63) is 95.3 Å². The third-order valence-electron chi connectivity index (χ3n) is 4.86. The number of rotatable bonds is 4. The van der Waals surface area contributed by atoms with E-state index in [4.69, 9.17) is 0 Å². The number of aryl methyl sites for hydroxylation is 2. The zero-order chi connectivity index (χ0) is 18.8. The Balaban J connectivity index is 1.61. The molecule has 27 heavy (non-hydrogen) atoms. The standard InChI is InChI=1S/C23H21N3O/c1-15-12-20-21(13-16(15)2)24-14-25-23(20)26-19-10-8-18(9-11-19)22(27)17-6-4-3-5-7-17/h3-14,22,27H,1-2H3,(H,24,25,26)/t22-/m0/s1. The molecule has 4 heteroatoms. The van der Waals surface area contributed by atoms with Crippen molar-refractivity contribution in [3.63, 3.8) is 0 Å². The minimum Gasteiger partial charge on any atom is -0.384 e. The Labute approximate surface area is 158 Å². The molecule has 0 saturated heterocycles. The Morgan fingerprint density at radius 3 is 2.22 bits per heavy atom. The molecule has 0 fully saturated rings. The molecule has 0 aliphatic heterocycles. The molecule has 0 aliphatic rings. The molecule has 0 spiro atoms. The van der Waals surface area contributed by atoms with Crippen LogP contribution < -0.4 is 5.32 Å². The average molecular weight is 355 g/mol. The molecule has 0 amide bonds. The highest BCUT2D eigenvalue weighted by molar-refractivity contribution is 5.91. The van der Waals surface area contributed by atoms with Gasteiger partial charge in [0.2, 0.25) is 0 Å². The number of aromatic nitrogens is 2. The predicted molar refractivity (Wildman–Crippen MR) is 109 cm³/mol. The maximum atomic E-state index is 10.5. The van der Waals surface area contributed by atoms with E-state index in [1.807, 2.05) is 54.6 Å². The molecule has 0 bridgehead atoms. The topological polar surface area (TPSA) is 58.0 Å². The number of nitrogens with zero attached hydrogens (tertiary/aromatic N) is 2. The molecule has 1 aromatic heterocycles. The van der Waals surface area contributed by atoms with E-state index in [1.54, 1.807) is 6.33 Å². The number of hydrogen-bond donors (Lipinski definition) is 2. The summed E-state index contributed by atoms with van der Waals surface area (Å²) < 4.78 is 0.